The van der Waals surface area contributed by atoms with E-state index in [-0.39, 0.29) is 6.61 Å². The Morgan fingerprint density at radius 1 is 1.31 bits per heavy atom. The molecule has 1 aliphatic rings. The van der Waals surface area contributed by atoms with Crippen molar-refractivity contribution in [3.05, 3.63) is 58.6 Å². The number of hydrogen-bond donors (Lipinski definition) is 0. The van der Waals surface area contributed by atoms with Crippen LogP contribution in [0.1, 0.15) is 52.4 Å². The summed E-state index contributed by atoms with van der Waals surface area (Å²) in [6, 6.07) is 6.05. The van der Waals surface area contributed by atoms with Crippen LogP contribution in [0.15, 0.2) is 34.9 Å². The van der Waals surface area contributed by atoms with Crippen LogP contribution in [0.5, 0.6) is 5.75 Å². The van der Waals surface area contributed by atoms with E-state index in [0.29, 0.717) is 46.4 Å². The van der Waals surface area contributed by atoms with Gasteiger partial charge in [0.15, 0.2) is 0 Å². The number of fused-ring (bicyclic) bond motifs is 2. The van der Waals surface area contributed by atoms with Crippen LogP contribution in [-0.2, 0) is 17.3 Å². The Kier molecular flexibility index (Phi) is 4.72. The Bertz CT molecular complexity index is 1090. The smallest absolute Gasteiger partial charge is 0.433 e. The minimum atomic E-state index is -4.51. The predicted molar refractivity (Wildman–Crippen MR) is 97.8 cm³/mol. The molecular formula is C21H18F3NO4. The summed E-state index contributed by atoms with van der Waals surface area (Å²) in [7, 11) is 0. The molecule has 1 unspecified atom stereocenters. The van der Waals surface area contributed by atoms with E-state index in [0.717, 1.165) is 11.6 Å². The summed E-state index contributed by atoms with van der Waals surface area (Å²) in [6.45, 7) is 3.62. The van der Waals surface area contributed by atoms with Crippen LogP contribution in [0, 0.1) is 6.92 Å². The van der Waals surface area contributed by atoms with Gasteiger partial charge in [-0.3, -0.25) is 4.98 Å². The molecule has 8 heteroatoms. The molecule has 5 nitrogen and oxygen atoms in total. The van der Waals surface area contributed by atoms with Gasteiger partial charge in [-0.05, 0) is 62.1 Å². The highest BCUT2D eigenvalue weighted by Crippen LogP contribution is 2.39. The van der Waals surface area contributed by atoms with Crippen molar-refractivity contribution in [3.8, 4) is 5.75 Å². The van der Waals surface area contributed by atoms with Gasteiger partial charge in [-0.2, -0.15) is 13.2 Å². The average molecular weight is 405 g/mol. The van der Waals surface area contributed by atoms with Gasteiger partial charge in [-0.25, -0.2) is 4.79 Å². The number of benzene rings is 1. The highest BCUT2D eigenvalue weighted by molar-refractivity contribution is 6.04. The molecule has 3 aromatic rings. The Morgan fingerprint density at radius 2 is 2.10 bits per heavy atom. The lowest BCUT2D eigenvalue weighted by Gasteiger charge is -2.16. The number of aryl methyl sites for hydroxylation is 2. The first-order valence-corrected chi connectivity index (χ1v) is 9.21. The fourth-order valence-corrected chi connectivity index (χ4v) is 3.62. The fourth-order valence-electron chi connectivity index (χ4n) is 3.62. The Balaban J connectivity index is 1.66. The number of halogens is 3. The number of furan rings is 1. The van der Waals surface area contributed by atoms with E-state index in [4.69, 9.17) is 13.9 Å². The Labute approximate surface area is 164 Å². The van der Waals surface area contributed by atoms with Gasteiger partial charge < -0.3 is 13.9 Å². The van der Waals surface area contributed by atoms with Gasteiger partial charge >= 0.3 is 12.1 Å². The van der Waals surface area contributed by atoms with Crippen molar-refractivity contribution in [2.45, 2.75) is 39.0 Å². The standard InChI is InChI=1S/C21H18F3NO4/c1-3-27-20(26)19-11(2)28-17-7-5-13(8-15(17)19)29-16-6-4-12-10-25-18(9-14(12)16)21(22,23)24/h5,7-10,16H,3-4,6H2,1-2H3. The molecule has 0 bridgehead atoms. The molecule has 0 saturated heterocycles. The second kappa shape index (κ2) is 7.09. The number of alkyl halides is 3. The van der Waals surface area contributed by atoms with Gasteiger partial charge in [-0.15, -0.1) is 0 Å². The first kappa shape index (κ1) is 19.3. The normalized spacial score (nSPS) is 16.1. The third-order valence-electron chi connectivity index (χ3n) is 4.93. The van der Waals surface area contributed by atoms with Crippen LogP contribution in [0.4, 0.5) is 13.2 Å². The first-order valence-electron chi connectivity index (χ1n) is 9.21. The highest BCUT2D eigenvalue weighted by atomic mass is 19.4. The van der Waals surface area contributed by atoms with E-state index < -0.39 is 23.9 Å². The number of ether oxygens (including phenoxy) is 2. The van der Waals surface area contributed by atoms with Crippen LogP contribution >= 0.6 is 0 Å². The maximum Gasteiger partial charge on any atom is 0.433 e. The monoisotopic (exact) mass is 405 g/mol. The number of pyridine rings is 1. The number of hydrogen-bond acceptors (Lipinski definition) is 5. The molecule has 0 amide bonds. The number of carbonyl (C=O) groups excluding carboxylic acids is 1. The van der Waals surface area contributed by atoms with Gasteiger partial charge in [0.25, 0.3) is 0 Å². The topological polar surface area (TPSA) is 61.6 Å². The molecule has 0 aliphatic heterocycles. The van der Waals surface area contributed by atoms with E-state index >= 15 is 0 Å². The average Bonchev–Trinajstić information content (AvgIpc) is 3.20. The molecule has 2 aromatic heterocycles. The van der Waals surface area contributed by atoms with Crippen molar-refractivity contribution in [2.75, 3.05) is 6.61 Å². The second-order valence-electron chi connectivity index (χ2n) is 6.82. The minimum Gasteiger partial charge on any atom is -0.486 e. The zero-order chi connectivity index (χ0) is 20.8. The molecule has 29 heavy (non-hydrogen) atoms. The van der Waals surface area contributed by atoms with Gasteiger partial charge in [0.05, 0.1) is 6.61 Å². The molecule has 4 rings (SSSR count). The summed E-state index contributed by atoms with van der Waals surface area (Å²) < 4.78 is 55.7. The van der Waals surface area contributed by atoms with Crippen LogP contribution in [-0.4, -0.2) is 17.6 Å². The molecule has 2 heterocycles. The summed E-state index contributed by atoms with van der Waals surface area (Å²) in [6.07, 6.45) is -2.63. The lowest BCUT2D eigenvalue weighted by Crippen LogP contribution is -2.10. The number of nitrogens with zero attached hydrogens (tertiary/aromatic N) is 1. The number of aromatic nitrogens is 1. The maximum absolute atomic E-state index is 13.0. The zero-order valence-corrected chi connectivity index (χ0v) is 15.8. The van der Waals surface area contributed by atoms with Crippen LogP contribution in [0.3, 0.4) is 0 Å². The van der Waals surface area contributed by atoms with Gasteiger partial charge in [0.1, 0.15) is 34.5 Å². The van der Waals surface area contributed by atoms with Crippen molar-refractivity contribution >= 4 is 16.9 Å². The third kappa shape index (κ3) is 3.54. The highest BCUT2D eigenvalue weighted by Gasteiger charge is 2.35. The Hall–Kier alpha value is -3.03. The molecule has 1 atom stereocenters. The summed E-state index contributed by atoms with van der Waals surface area (Å²) >= 11 is 0. The van der Waals surface area contributed by atoms with Crippen LogP contribution in [0.2, 0.25) is 0 Å². The molecular weight excluding hydrogens is 387 g/mol. The summed E-state index contributed by atoms with van der Waals surface area (Å²) in [4.78, 5) is 15.8. The van der Waals surface area contributed by atoms with E-state index in [2.05, 4.69) is 4.98 Å². The zero-order valence-electron chi connectivity index (χ0n) is 15.8. The van der Waals surface area contributed by atoms with Crippen molar-refractivity contribution in [2.24, 2.45) is 0 Å². The lowest BCUT2D eigenvalue weighted by molar-refractivity contribution is -0.141. The number of rotatable bonds is 4. The lowest BCUT2D eigenvalue weighted by atomic mass is 10.1. The summed E-state index contributed by atoms with van der Waals surface area (Å²) in [5.74, 6) is 0.378. The van der Waals surface area contributed by atoms with Crippen molar-refractivity contribution < 1.29 is 31.9 Å². The van der Waals surface area contributed by atoms with Crippen LogP contribution < -0.4 is 4.74 Å². The van der Waals surface area contributed by atoms with Gasteiger partial charge in [0.2, 0.25) is 0 Å². The van der Waals surface area contributed by atoms with Crippen LogP contribution in [0.25, 0.3) is 11.0 Å². The van der Waals surface area contributed by atoms with E-state index in [9.17, 15) is 18.0 Å². The molecule has 0 fully saturated rings. The molecule has 0 radical (unpaired) electrons. The van der Waals surface area contributed by atoms with E-state index in [1.54, 1.807) is 32.0 Å². The quantitative estimate of drug-likeness (QED) is 0.544. The predicted octanol–water partition coefficient (Wildman–Crippen LogP) is 5.40. The Morgan fingerprint density at radius 3 is 2.83 bits per heavy atom. The van der Waals surface area contributed by atoms with Crippen molar-refractivity contribution in [3.63, 3.8) is 0 Å². The van der Waals surface area contributed by atoms with Gasteiger partial charge in [-0.1, -0.05) is 0 Å². The first-order chi connectivity index (χ1) is 13.8. The van der Waals surface area contributed by atoms with E-state index in [1.807, 2.05) is 0 Å². The summed E-state index contributed by atoms with van der Waals surface area (Å²) in [5, 5.41) is 0.544. The largest absolute Gasteiger partial charge is 0.486 e. The van der Waals surface area contributed by atoms with Gasteiger partial charge in [0, 0.05) is 11.6 Å². The number of esters is 1. The molecule has 152 valence electrons. The molecule has 0 N–H and O–H groups in total. The molecule has 1 aromatic carbocycles. The molecule has 1 aliphatic carbocycles. The second-order valence-corrected chi connectivity index (χ2v) is 6.82. The third-order valence-corrected chi connectivity index (χ3v) is 4.93. The maximum atomic E-state index is 13.0. The summed E-state index contributed by atoms with van der Waals surface area (Å²) in [5.41, 5.74) is 1.13. The molecule has 0 saturated carbocycles. The molecule has 0 spiro atoms. The SMILES string of the molecule is CCOC(=O)c1c(C)oc2ccc(OC3CCc4cnc(C(F)(F)F)cc43)cc12. The van der Waals surface area contributed by atoms with E-state index in [1.165, 1.54) is 6.20 Å². The fraction of sp³-hybridized carbons (Fsp3) is 0.333. The minimum absolute atomic E-state index is 0.232. The van der Waals surface area contributed by atoms with Crippen molar-refractivity contribution in [1.82, 2.24) is 4.98 Å². The number of carbonyl (C=O) groups is 1. The van der Waals surface area contributed by atoms with Crippen molar-refractivity contribution in [1.29, 1.82) is 0 Å².